The van der Waals surface area contributed by atoms with Crippen LogP contribution in [0.2, 0.25) is 0 Å². The minimum absolute atomic E-state index is 0.0905. The van der Waals surface area contributed by atoms with Gasteiger partial charge in [-0.05, 0) is 29.8 Å². The van der Waals surface area contributed by atoms with Gasteiger partial charge in [0.2, 0.25) is 5.91 Å². The zero-order valence-electron chi connectivity index (χ0n) is 12.1. The highest BCUT2D eigenvalue weighted by Gasteiger charge is 2.12. The minimum Gasteiger partial charge on any atom is -0.452 e. The van der Waals surface area contributed by atoms with Crippen LogP contribution in [-0.2, 0) is 20.7 Å². The van der Waals surface area contributed by atoms with E-state index in [0.717, 1.165) is 10.0 Å². The summed E-state index contributed by atoms with van der Waals surface area (Å²) in [5.41, 5.74) is 1.13. The Labute approximate surface area is 141 Å². The van der Waals surface area contributed by atoms with Crippen LogP contribution >= 0.6 is 15.9 Å². The van der Waals surface area contributed by atoms with E-state index in [2.05, 4.69) is 21.2 Å². The van der Waals surface area contributed by atoms with Crippen molar-refractivity contribution in [3.05, 3.63) is 70.2 Å². The molecule has 2 aromatic carbocycles. The zero-order chi connectivity index (χ0) is 16.7. The summed E-state index contributed by atoms with van der Waals surface area (Å²) in [7, 11) is 0. The van der Waals surface area contributed by atoms with Gasteiger partial charge in [0.15, 0.2) is 6.61 Å². The van der Waals surface area contributed by atoms with E-state index < -0.39 is 24.4 Å². The molecule has 0 radical (unpaired) electrons. The van der Waals surface area contributed by atoms with Crippen molar-refractivity contribution in [2.24, 2.45) is 0 Å². The van der Waals surface area contributed by atoms with Gasteiger partial charge in [0.25, 0.3) is 5.91 Å². The van der Waals surface area contributed by atoms with Gasteiger partial charge in [-0.15, -0.1) is 0 Å². The molecule has 2 amide bonds. The molecule has 118 valence electrons. The van der Waals surface area contributed by atoms with Gasteiger partial charge in [0.1, 0.15) is 0 Å². The number of benzene rings is 2. The van der Waals surface area contributed by atoms with Crippen molar-refractivity contribution in [2.45, 2.75) is 6.42 Å². The van der Waals surface area contributed by atoms with Crippen LogP contribution in [-0.4, -0.2) is 24.4 Å². The summed E-state index contributed by atoms with van der Waals surface area (Å²) in [6.07, 6.45) is 0.0905. The molecule has 0 aromatic heterocycles. The van der Waals surface area contributed by atoms with E-state index in [4.69, 9.17) is 4.74 Å². The number of carbonyl (C=O) groups is 3. The molecule has 1 N–H and O–H groups in total. The van der Waals surface area contributed by atoms with E-state index in [1.807, 2.05) is 18.2 Å². The normalized spacial score (nSPS) is 9.96. The third-order valence-electron chi connectivity index (χ3n) is 2.90. The van der Waals surface area contributed by atoms with Crippen LogP contribution in [0.25, 0.3) is 0 Å². The lowest BCUT2D eigenvalue weighted by Gasteiger charge is -2.06. The summed E-state index contributed by atoms with van der Waals surface area (Å²) in [6.45, 7) is -0.505. The molecule has 0 saturated heterocycles. The molecular weight excluding hydrogens is 362 g/mol. The molecule has 23 heavy (non-hydrogen) atoms. The first-order chi connectivity index (χ1) is 11.0. The molecule has 0 bridgehead atoms. The predicted molar refractivity (Wildman–Crippen MR) is 87.7 cm³/mol. The van der Waals surface area contributed by atoms with Crippen LogP contribution in [0.5, 0.6) is 0 Å². The Hall–Kier alpha value is -2.47. The lowest BCUT2D eigenvalue weighted by molar-refractivity contribution is -0.132. The monoisotopic (exact) mass is 375 g/mol. The summed E-state index contributed by atoms with van der Waals surface area (Å²) < 4.78 is 5.69. The fraction of sp³-hybridized carbons (Fsp3) is 0.118. The van der Waals surface area contributed by atoms with E-state index in [1.54, 1.807) is 36.4 Å². The number of esters is 1. The third-order valence-corrected chi connectivity index (χ3v) is 3.43. The number of hydrogen-bond donors (Lipinski definition) is 1. The lowest BCUT2D eigenvalue weighted by atomic mass is 10.1. The van der Waals surface area contributed by atoms with E-state index in [1.165, 1.54) is 0 Å². The van der Waals surface area contributed by atoms with Gasteiger partial charge in [-0.3, -0.25) is 14.9 Å². The molecule has 0 atom stereocenters. The van der Waals surface area contributed by atoms with Crippen LogP contribution < -0.4 is 5.32 Å². The van der Waals surface area contributed by atoms with Gasteiger partial charge in [-0.25, -0.2) is 4.79 Å². The number of halogens is 1. The SMILES string of the molecule is O=C(COC(=O)c1ccc(Br)cc1)NC(=O)Cc1ccccc1. The van der Waals surface area contributed by atoms with E-state index in [9.17, 15) is 14.4 Å². The molecule has 0 heterocycles. The maximum Gasteiger partial charge on any atom is 0.338 e. The predicted octanol–water partition coefficient (Wildman–Crippen LogP) is 2.49. The van der Waals surface area contributed by atoms with Gasteiger partial charge in [0, 0.05) is 4.47 Å². The highest BCUT2D eigenvalue weighted by Crippen LogP contribution is 2.11. The number of carbonyl (C=O) groups excluding carboxylic acids is 3. The van der Waals surface area contributed by atoms with Crippen molar-refractivity contribution in [1.82, 2.24) is 5.32 Å². The van der Waals surface area contributed by atoms with Crippen molar-refractivity contribution in [3.8, 4) is 0 Å². The van der Waals surface area contributed by atoms with E-state index in [-0.39, 0.29) is 6.42 Å². The first kappa shape index (κ1) is 16.9. The van der Waals surface area contributed by atoms with Crippen LogP contribution in [0.1, 0.15) is 15.9 Å². The van der Waals surface area contributed by atoms with Gasteiger partial charge in [-0.1, -0.05) is 46.3 Å². The molecular formula is C17H14BrNO4. The Bertz CT molecular complexity index is 698. The Morgan fingerprint density at radius 2 is 1.57 bits per heavy atom. The van der Waals surface area contributed by atoms with Crippen molar-refractivity contribution < 1.29 is 19.1 Å². The van der Waals surface area contributed by atoms with Crippen LogP contribution in [0, 0.1) is 0 Å². The summed E-state index contributed by atoms with van der Waals surface area (Å²) in [5.74, 6) is -1.72. The average molecular weight is 376 g/mol. The Balaban J connectivity index is 1.77. The molecule has 2 rings (SSSR count). The number of imide groups is 1. The molecule has 0 aliphatic rings. The molecule has 0 aliphatic heterocycles. The Kier molecular flexibility index (Phi) is 6.05. The average Bonchev–Trinajstić information content (AvgIpc) is 2.54. The second-order valence-corrected chi connectivity index (χ2v) is 5.63. The highest BCUT2D eigenvalue weighted by atomic mass is 79.9. The second-order valence-electron chi connectivity index (χ2n) is 4.72. The largest absolute Gasteiger partial charge is 0.452 e. The number of amides is 2. The number of nitrogens with one attached hydrogen (secondary N) is 1. The second kappa shape index (κ2) is 8.24. The van der Waals surface area contributed by atoms with Gasteiger partial charge in [0.05, 0.1) is 12.0 Å². The molecule has 6 heteroatoms. The Morgan fingerprint density at radius 3 is 2.22 bits per heavy atom. The first-order valence-corrected chi connectivity index (χ1v) is 7.63. The van der Waals surface area contributed by atoms with Crippen molar-refractivity contribution in [1.29, 1.82) is 0 Å². The number of rotatable bonds is 5. The zero-order valence-corrected chi connectivity index (χ0v) is 13.7. The molecule has 0 spiro atoms. The van der Waals surface area contributed by atoms with Gasteiger partial charge >= 0.3 is 5.97 Å². The summed E-state index contributed by atoms with van der Waals surface area (Å²) in [5, 5.41) is 2.18. The fourth-order valence-electron chi connectivity index (χ4n) is 1.82. The van der Waals surface area contributed by atoms with Gasteiger partial charge in [-0.2, -0.15) is 0 Å². The van der Waals surface area contributed by atoms with E-state index >= 15 is 0 Å². The molecule has 0 saturated carbocycles. The smallest absolute Gasteiger partial charge is 0.338 e. The van der Waals surface area contributed by atoms with Crippen molar-refractivity contribution in [3.63, 3.8) is 0 Å². The molecule has 0 fully saturated rings. The minimum atomic E-state index is -0.656. The maximum atomic E-state index is 11.7. The molecule has 2 aromatic rings. The standard InChI is InChI=1S/C17H14BrNO4/c18-14-8-6-13(7-9-14)17(22)23-11-16(21)19-15(20)10-12-4-2-1-3-5-12/h1-9H,10-11H2,(H,19,20,21). The molecule has 5 nitrogen and oxygen atoms in total. The van der Waals surface area contributed by atoms with Crippen LogP contribution in [0.4, 0.5) is 0 Å². The third kappa shape index (κ3) is 5.67. The van der Waals surface area contributed by atoms with Gasteiger partial charge < -0.3 is 4.74 Å². The summed E-state index contributed by atoms with van der Waals surface area (Å²) in [6, 6.07) is 15.6. The van der Waals surface area contributed by atoms with Crippen LogP contribution in [0.15, 0.2) is 59.1 Å². The van der Waals surface area contributed by atoms with E-state index in [0.29, 0.717) is 5.56 Å². The number of ether oxygens (including phenoxy) is 1. The lowest BCUT2D eigenvalue weighted by Crippen LogP contribution is -2.35. The maximum absolute atomic E-state index is 11.7. The quantitative estimate of drug-likeness (QED) is 0.814. The summed E-state index contributed by atoms with van der Waals surface area (Å²) >= 11 is 3.26. The van der Waals surface area contributed by atoms with Crippen LogP contribution in [0.3, 0.4) is 0 Å². The first-order valence-electron chi connectivity index (χ1n) is 6.84. The van der Waals surface area contributed by atoms with Crippen molar-refractivity contribution in [2.75, 3.05) is 6.61 Å². The highest BCUT2D eigenvalue weighted by molar-refractivity contribution is 9.10. The molecule has 0 unspecified atom stereocenters. The summed E-state index contributed by atoms with van der Waals surface area (Å²) in [4.78, 5) is 35.0. The topological polar surface area (TPSA) is 72.5 Å². The molecule has 0 aliphatic carbocycles. The fourth-order valence-corrected chi connectivity index (χ4v) is 2.08. The number of hydrogen-bond acceptors (Lipinski definition) is 4. The Morgan fingerprint density at radius 1 is 0.913 bits per heavy atom. The van der Waals surface area contributed by atoms with Crippen molar-refractivity contribution >= 4 is 33.7 Å².